The number of aromatic nitrogens is 2. The van der Waals surface area contributed by atoms with Crippen molar-refractivity contribution in [3.05, 3.63) is 83.8 Å². The van der Waals surface area contributed by atoms with E-state index in [0.29, 0.717) is 47.8 Å². The maximum Gasteiger partial charge on any atom is 0.174 e. The SMILES string of the molecule is COC.COc1ccc(N(C)c2cnc(SCc3c(F)cc(OCCC[N+](C)(C)C(C)(C)CCOC(C)(C)C)cc3F)n2-c2ccc(F)cc2)cc1OC. The van der Waals surface area contributed by atoms with Gasteiger partial charge in [-0.1, -0.05) is 11.8 Å². The molecule has 0 saturated heterocycles. The van der Waals surface area contributed by atoms with Crippen LogP contribution in [0.2, 0.25) is 0 Å². The second kappa shape index (κ2) is 19.6. The van der Waals surface area contributed by atoms with Crippen molar-refractivity contribution in [2.75, 3.05) is 74.2 Å². The number of nitrogens with zero attached hydrogens (tertiary/aromatic N) is 4. The number of hydrogen-bond donors (Lipinski definition) is 0. The minimum absolute atomic E-state index is 0.0324. The molecule has 1 heterocycles. The van der Waals surface area contributed by atoms with Gasteiger partial charge < -0.3 is 33.1 Å². The topological polar surface area (TPSA) is 67.2 Å². The summed E-state index contributed by atoms with van der Waals surface area (Å²) in [5.74, 6) is 0.106. The first-order valence-electron chi connectivity index (χ1n) is 17.8. The number of halogens is 3. The van der Waals surface area contributed by atoms with E-state index in [0.717, 1.165) is 23.1 Å². The van der Waals surface area contributed by atoms with Crippen LogP contribution in [-0.4, -0.2) is 94.5 Å². The number of quaternary nitrogens is 1. The van der Waals surface area contributed by atoms with Crippen LogP contribution in [0.1, 0.15) is 53.0 Å². The normalized spacial score (nSPS) is 11.9. The number of rotatable bonds is 17. The van der Waals surface area contributed by atoms with Crippen LogP contribution in [0, 0.1) is 17.5 Å². The largest absolute Gasteiger partial charge is 0.493 e. The Labute approximate surface area is 323 Å². The maximum atomic E-state index is 15.4. The van der Waals surface area contributed by atoms with Crippen LogP contribution in [0.3, 0.4) is 0 Å². The van der Waals surface area contributed by atoms with Crippen LogP contribution in [0.25, 0.3) is 5.69 Å². The molecule has 0 aliphatic rings. The summed E-state index contributed by atoms with van der Waals surface area (Å²) in [6.45, 7) is 12.4. The number of ether oxygens (including phenoxy) is 5. The van der Waals surface area contributed by atoms with Crippen molar-refractivity contribution >= 4 is 23.3 Å². The zero-order valence-electron chi connectivity index (χ0n) is 33.9. The standard InChI is InChI=1S/C39H52F3N4O4S.C2H6O/c1-38(2,3)50-21-18-39(4,5)46(7,8)19-11-20-49-30-23-32(41)31(33(42)24-30)26-51-37-43-25-36(45(37)28-14-12-27(40)13-15-28)44(6)29-16-17-34(47-9)35(22-29)48-10;1-3-2/h12-17,22-25H,11,18-21,26H2,1-10H3;1-2H3/q+1;. The zero-order valence-corrected chi connectivity index (χ0v) is 34.7. The zero-order chi connectivity index (χ0) is 40.3. The number of imidazole rings is 1. The van der Waals surface area contributed by atoms with E-state index in [1.54, 1.807) is 52.8 Å². The van der Waals surface area contributed by atoms with Crippen molar-refractivity contribution in [1.82, 2.24) is 9.55 Å². The van der Waals surface area contributed by atoms with Gasteiger partial charge in [0.05, 0.1) is 65.4 Å². The van der Waals surface area contributed by atoms with Gasteiger partial charge in [0.15, 0.2) is 16.7 Å². The summed E-state index contributed by atoms with van der Waals surface area (Å²) in [7, 11) is 12.6. The van der Waals surface area contributed by atoms with E-state index in [2.05, 4.69) is 58.4 Å². The lowest BCUT2D eigenvalue weighted by Crippen LogP contribution is -2.57. The highest BCUT2D eigenvalue weighted by Crippen LogP contribution is 2.37. The number of anilines is 2. The molecule has 0 atom stereocenters. The highest BCUT2D eigenvalue weighted by Gasteiger charge is 2.36. The van der Waals surface area contributed by atoms with E-state index in [-0.39, 0.29) is 34.0 Å². The molecule has 1 aromatic heterocycles. The summed E-state index contributed by atoms with van der Waals surface area (Å²) in [6.07, 6.45) is 3.27. The van der Waals surface area contributed by atoms with Crippen molar-refractivity contribution < 1.29 is 41.3 Å². The lowest BCUT2D eigenvalue weighted by molar-refractivity contribution is -0.938. The molecule has 0 aliphatic carbocycles. The third kappa shape index (κ3) is 12.0. The van der Waals surface area contributed by atoms with E-state index in [1.165, 1.54) is 36.0 Å². The van der Waals surface area contributed by atoms with Crippen molar-refractivity contribution in [3.63, 3.8) is 0 Å². The average molecular weight is 776 g/mol. The number of benzene rings is 3. The second-order valence-corrected chi connectivity index (χ2v) is 15.9. The van der Waals surface area contributed by atoms with Gasteiger partial charge in [-0.15, -0.1) is 0 Å². The predicted octanol–water partition coefficient (Wildman–Crippen LogP) is 9.46. The van der Waals surface area contributed by atoms with Crippen LogP contribution in [0.4, 0.5) is 24.7 Å². The van der Waals surface area contributed by atoms with E-state index in [1.807, 2.05) is 28.6 Å². The first-order chi connectivity index (χ1) is 25.4. The molecule has 3 aromatic carbocycles. The minimum Gasteiger partial charge on any atom is -0.493 e. The van der Waals surface area contributed by atoms with Gasteiger partial charge in [-0.3, -0.25) is 4.57 Å². The summed E-state index contributed by atoms with van der Waals surface area (Å²) in [5.41, 5.74) is 1.10. The molecule has 0 radical (unpaired) electrons. The van der Waals surface area contributed by atoms with Crippen LogP contribution >= 0.6 is 11.8 Å². The van der Waals surface area contributed by atoms with Gasteiger partial charge in [0.1, 0.15) is 29.0 Å². The fourth-order valence-electron chi connectivity index (χ4n) is 5.46. The third-order valence-corrected chi connectivity index (χ3v) is 10.4. The molecule has 298 valence electrons. The number of hydrogen-bond acceptors (Lipinski definition) is 8. The molecule has 0 N–H and O–H groups in total. The lowest BCUT2D eigenvalue weighted by Gasteiger charge is -2.45. The Bertz CT molecular complexity index is 1750. The van der Waals surface area contributed by atoms with Crippen LogP contribution < -0.4 is 19.1 Å². The predicted molar refractivity (Wildman–Crippen MR) is 211 cm³/mol. The molecule has 0 fully saturated rings. The molecule has 0 spiro atoms. The van der Waals surface area contributed by atoms with Gasteiger partial charge in [0, 0.05) is 75.0 Å². The van der Waals surface area contributed by atoms with Gasteiger partial charge >= 0.3 is 0 Å². The van der Waals surface area contributed by atoms with Crippen molar-refractivity contribution in [3.8, 4) is 22.9 Å². The number of thioether (sulfide) groups is 1. The summed E-state index contributed by atoms with van der Waals surface area (Å²) < 4.78 is 74.1. The van der Waals surface area contributed by atoms with Crippen molar-refractivity contribution in [1.29, 1.82) is 0 Å². The number of methoxy groups -OCH3 is 3. The van der Waals surface area contributed by atoms with Gasteiger partial charge in [0.2, 0.25) is 0 Å². The summed E-state index contributed by atoms with van der Waals surface area (Å²) in [4.78, 5) is 6.49. The molecular weight excluding hydrogens is 718 g/mol. The smallest absolute Gasteiger partial charge is 0.174 e. The molecule has 0 bridgehead atoms. The molecule has 4 aromatic rings. The van der Waals surface area contributed by atoms with E-state index >= 15 is 8.78 Å². The van der Waals surface area contributed by atoms with Gasteiger partial charge in [-0.05, 0) is 71.0 Å². The summed E-state index contributed by atoms with van der Waals surface area (Å²) in [5, 5.41) is 0.469. The molecule has 4 rings (SSSR count). The van der Waals surface area contributed by atoms with E-state index in [9.17, 15) is 4.39 Å². The summed E-state index contributed by atoms with van der Waals surface area (Å²) in [6, 6.07) is 13.9. The maximum absolute atomic E-state index is 15.4. The lowest BCUT2D eigenvalue weighted by atomic mass is 9.96. The Morgan fingerprint density at radius 3 is 2.02 bits per heavy atom. The Morgan fingerprint density at radius 1 is 0.833 bits per heavy atom. The molecular formula is C41H58F3N4O5S+. The fraction of sp³-hybridized carbons (Fsp3) is 0.488. The molecule has 0 unspecified atom stereocenters. The Balaban J connectivity index is 0.00000253. The minimum atomic E-state index is -0.698. The molecule has 13 heteroatoms. The molecule has 9 nitrogen and oxygen atoms in total. The highest BCUT2D eigenvalue weighted by atomic mass is 32.2. The Kier molecular flexibility index (Phi) is 16.2. The van der Waals surface area contributed by atoms with Crippen molar-refractivity contribution in [2.45, 2.75) is 69.5 Å². The van der Waals surface area contributed by atoms with Crippen LogP contribution in [0.15, 0.2) is 66.0 Å². The molecule has 54 heavy (non-hydrogen) atoms. The first kappa shape index (κ1) is 44.5. The molecule has 0 aliphatic heterocycles. The first-order valence-corrected chi connectivity index (χ1v) is 18.8. The van der Waals surface area contributed by atoms with E-state index < -0.39 is 11.6 Å². The van der Waals surface area contributed by atoms with Gasteiger partial charge in [-0.25, -0.2) is 18.2 Å². The second-order valence-electron chi connectivity index (χ2n) is 15.0. The fourth-order valence-corrected chi connectivity index (χ4v) is 6.47. The molecule has 0 saturated carbocycles. The van der Waals surface area contributed by atoms with Gasteiger partial charge in [-0.2, -0.15) is 0 Å². The monoisotopic (exact) mass is 775 g/mol. The van der Waals surface area contributed by atoms with Crippen LogP contribution in [-0.2, 0) is 15.2 Å². The highest BCUT2D eigenvalue weighted by molar-refractivity contribution is 7.98. The Hall–Kier alpha value is -3.91. The average Bonchev–Trinajstić information content (AvgIpc) is 3.52. The Morgan fingerprint density at radius 2 is 1.44 bits per heavy atom. The summed E-state index contributed by atoms with van der Waals surface area (Å²) >= 11 is 1.17. The molecule has 0 amide bonds. The van der Waals surface area contributed by atoms with Crippen molar-refractivity contribution in [2.24, 2.45) is 0 Å². The van der Waals surface area contributed by atoms with Crippen LogP contribution in [0.5, 0.6) is 17.2 Å². The third-order valence-electron chi connectivity index (χ3n) is 9.37. The van der Waals surface area contributed by atoms with Gasteiger partial charge in [0.25, 0.3) is 0 Å². The van der Waals surface area contributed by atoms with E-state index in [4.69, 9.17) is 18.9 Å². The quantitative estimate of drug-likeness (QED) is 0.0598.